The first kappa shape index (κ1) is 20.5. The van der Waals surface area contributed by atoms with Gasteiger partial charge in [0.25, 0.3) is 11.8 Å². The highest BCUT2D eigenvalue weighted by Gasteiger charge is 2.06. The number of hydrazone groups is 2. The van der Waals surface area contributed by atoms with Gasteiger partial charge in [-0.2, -0.15) is 10.2 Å². The van der Waals surface area contributed by atoms with Crippen molar-refractivity contribution in [3.63, 3.8) is 0 Å². The van der Waals surface area contributed by atoms with E-state index in [1.54, 1.807) is 50.5 Å². The number of hydrogen-bond acceptors (Lipinski definition) is 6. The monoisotopic (exact) mass is 400 g/mol. The van der Waals surface area contributed by atoms with E-state index < -0.39 is 0 Å². The Hall–Kier alpha value is -4.20. The Morgan fingerprint density at radius 1 is 0.667 bits per heavy atom. The van der Waals surface area contributed by atoms with Crippen LogP contribution in [-0.2, 0) is 0 Å². The highest BCUT2D eigenvalue weighted by atomic mass is 16.2. The van der Waals surface area contributed by atoms with E-state index in [0.29, 0.717) is 22.6 Å². The molecule has 0 unspecified atom stereocenters. The molecule has 1 aromatic carbocycles. The van der Waals surface area contributed by atoms with Crippen molar-refractivity contribution < 1.29 is 9.59 Å². The Morgan fingerprint density at radius 3 is 1.40 bits per heavy atom. The highest BCUT2D eigenvalue weighted by Crippen LogP contribution is 2.07. The second kappa shape index (κ2) is 9.83. The highest BCUT2D eigenvalue weighted by molar-refractivity contribution is 6.03. The lowest BCUT2D eigenvalue weighted by atomic mass is 10.1. The molecule has 0 saturated heterocycles. The summed E-state index contributed by atoms with van der Waals surface area (Å²) in [5.74, 6) is -0.655. The standard InChI is InChI=1S/C22H20N6O2/c1-15(25-27-21(29)19-5-3-11-23-13-19)17-7-9-18(10-8-17)16(2)26-28-22(30)20-6-4-12-24-14-20/h3-14H,1-2H3,(H,27,29)(H,28,30). The van der Waals surface area contributed by atoms with E-state index in [1.165, 1.54) is 12.4 Å². The molecule has 30 heavy (non-hydrogen) atoms. The molecule has 2 aromatic heterocycles. The van der Waals surface area contributed by atoms with Gasteiger partial charge in [0, 0.05) is 24.8 Å². The third kappa shape index (κ3) is 5.41. The van der Waals surface area contributed by atoms with E-state index in [1.807, 2.05) is 24.3 Å². The Balaban J connectivity index is 1.62. The van der Waals surface area contributed by atoms with Crippen LogP contribution in [0.3, 0.4) is 0 Å². The third-order valence-electron chi connectivity index (χ3n) is 4.22. The normalized spacial score (nSPS) is 11.7. The molecular formula is C22H20N6O2. The van der Waals surface area contributed by atoms with E-state index in [4.69, 9.17) is 0 Å². The summed E-state index contributed by atoms with van der Waals surface area (Å²) in [6, 6.07) is 14.2. The molecule has 2 N–H and O–H groups in total. The van der Waals surface area contributed by atoms with Crippen LogP contribution in [0.5, 0.6) is 0 Å². The van der Waals surface area contributed by atoms with Gasteiger partial charge in [0.1, 0.15) is 0 Å². The van der Waals surface area contributed by atoms with Crippen LogP contribution in [0.25, 0.3) is 0 Å². The van der Waals surface area contributed by atoms with Gasteiger partial charge in [-0.15, -0.1) is 0 Å². The van der Waals surface area contributed by atoms with E-state index in [0.717, 1.165) is 11.1 Å². The van der Waals surface area contributed by atoms with Gasteiger partial charge < -0.3 is 0 Å². The summed E-state index contributed by atoms with van der Waals surface area (Å²) >= 11 is 0. The summed E-state index contributed by atoms with van der Waals surface area (Å²) in [7, 11) is 0. The van der Waals surface area contributed by atoms with Gasteiger partial charge in [0.05, 0.1) is 22.6 Å². The fraction of sp³-hybridized carbons (Fsp3) is 0.0909. The molecule has 2 heterocycles. The molecule has 150 valence electrons. The first-order chi connectivity index (χ1) is 14.5. The van der Waals surface area contributed by atoms with Crippen LogP contribution >= 0.6 is 0 Å². The van der Waals surface area contributed by atoms with Crippen LogP contribution in [0, 0.1) is 0 Å². The van der Waals surface area contributed by atoms with E-state index in [2.05, 4.69) is 31.0 Å². The average Bonchev–Trinajstić information content (AvgIpc) is 2.81. The van der Waals surface area contributed by atoms with Crippen LogP contribution in [0.4, 0.5) is 0 Å². The number of pyridine rings is 2. The smallest absolute Gasteiger partial charge is 0.267 e. The molecule has 0 bridgehead atoms. The van der Waals surface area contributed by atoms with Crippen LogP contribution in [0.2, 0.25) is 0 Å². The lowest BCUT2D eigenvalue weighted by Crippen LogP contribution is -2.19. The maximum atomic E-state index is 12.0. The molecule has 0 saturated carbocycles. The number of rotatable bonds is 6. The number of benzene rings is 1. The fourth-order valence-corrected chi connectivity index (χ4v) is 2.47. The van der Waals surface area contributed by atoms with Crippen molar-refractivity contribution in [2.24, 2.45) is 10.2 Å². The van der Waals surface area contributed by atoms with Crippen molar-refractivity contribution in [1.82, 2.24) is 20.8 Å². The Bertz CT molecular complexity index is 989. The molecule has 8 heteroatoms. The lowest BCUT2D eigenvalue weighted by Gasteiger charge is -2.06. The minimum absolute atomic E-state index is 0.327. The Kier molecular flexibility index (Phi) is 6.73. The van der Waals surface area contributed by atoms with E-state index in [9.17, 15) is 9.59 Å². The second-order valence-corrected chi connectivity index (χ2v) is 6.34. The van der Waals surface area contributed by atoms with E-state index in [-0.39, 0.29) is 11.8 Å². The lowest BCUT2D eigenvalue weighted by molar-refractivity contribution is 0.0946. The first-order valence-electron chi connectivity index (χ1n) is 9.14. The molecule has 0 aliphatic heterocycles. The molecule has 3 rings (SSSR count). The number of carbonyl (C=O) groups is 2. The zero-order valence-electron chi connectivity index (χ0n) is 16.5. The largest absolute Gasteiger partial charge is 0.272 e. The zero-order chi connectivity index (χ0) is 21.3. The number of aromatic nitrogens is 2. The topological polar surface area (TPSA) is 109 Å². The van der Waals surface area contributed by atoms with Gasteiger partial charge in [0.2, 0.25) is 0 Å². The van der Waals surface area contributed by atoms with Gasteiger partial charge in [-0.25, -0.2) is 10.9 Å². The van der Waals surface area contributed by atoms with Crippen molar-refractivity contribution in [2.45, 2.75) is 13.8 Å². The summed E-state index contributed by atoms with van der Waals surface area (Å²) in [6.07, 6.45) is 6.15. The first-order valence-corrected chi connectivity index (χ1v) is 9.14. The Morgan fingerprint density at radius 2 is 1.07 bits per heavy atom. The average molecular weight is 400 g/mol. The number of amides is 2. The molecule has 0 aliphatic carbocycles. The van der Waals surface area contributed by atoms with Crippen molar-refractivity contribution in [3.05, 3.63) is 95.6 Å². The minimum atomic E-state index is -0.327. The van der Waals surface area contributed by atoms with Gasteiger partial charge in [-0.1, -0.05) is 24.3 Å². The maximum absolute atomic E-state index is 12.0. The van der Waals surface area contributed by atoms with Gasteiger partial charge >= 0.3 is 0 Å². The molecule has 0 fully saturated rings. The van der Waals surface area contributed by atoms with Crippen molar-refractivity contribution in [1.29, 1.82) is 0 Å². The quantitative estimate of drug-likeness (QED) is 0.490. The molecule has 2 amide bonds. The van der Waals surface area contributed by atoms with Crippen molar-refractivity contribution in [2.75, 3.05) is 0 Å². The van der Waals surface area contributed by atoms with Crippen LogP contribution in [0.15, 0.2) is 83.5 Å². The molecule has 8 nitrogen and oxygen atoms in total. The van der Waals surface area contributed by atoms with E-state index >= 15 is 0 Å². The van der Waals surface area contributed by atoms with Gasteiger partial charge in [-0.05, 0) is 49.2 Å². The predicted octanol–water partition coefficient (Wildman–Crippen LogP) is 2.78. The van der Waals surface area contributed by atoms with Crippen LogP contribution in [0.1, 0.15) is 45.7 Å². The second-order valence-electron chi connectivity index (χ2n) is 6.34. The van der Waals surface area contributed by atoms with Gasteiger partial charge in [0.15, 0.2) is 0 Å². The van der Waals surface area contributed by atoms with Gasteiger partial charge in [-0.3, -0.25) is 19.6 Å². The number of nitrogens with one attached hydrogen (secondary N) is 2. The van der Waals surface area contributed by atoms with Crippen LogP contribution < -0.4 is 10.9 Å². The summed E-state index contributed by atoms with van der Waals surface area (Å²) in [5, 5.41) is 8.27. The SMILES string of the molecule is CC(=NNC(=O)c1cccnc1)c1ccc(C(C)=NNC(=O)c2cccnc2)cc1. The molecule has 0 spiro atoms. The maximum Gasteiger partial charge on any atom is 0.272 e. The summed E-state index contributed by atoms with van der Waals surface area (Å²) in [6.45, 7) is 3.60. The molecule has 0 aliphatic rings. The molecular weight excluding hydrogens is 380 g/mol. The number of hydrogen-bond donors (Lipinski definition) is 2. The summed E-state index contributed by atoms with van der Waals surface area (Å²) in [5.41, 5.74) is 8.89. The molecule has 0 radical (unpaired) electrons. The minimum Gasteiger partial charge on any atom is -0.267 e. The number of carbonyl (C=O) groups excluding carboxylic acids is 2. The third-order valence-corrected chi connectivity index (χ3v) is 4.22. The Labute approximate surface area is 173 Å². The summed E-state index contributed by atoms with van der Waals surface area (Å²) < 4.78 is 0. The van der Waals surface area contributed by atoms with Crippen molar-refractivity contribution in [3.8, 4) is 0 Å². The van der Waals surface area contributed by atoms with Crippen LogP contribution in [-0.4, -0.2) is 33.2 Å². The molecule has 0 atom stereocenters. The zero-order valence-corrected chi connectivity index (χ0v) is 16.5. The predicted molar refractivity (Wildman–Crippen MR) is 114 cm³/mol. The van der Waals surface area contributed by atoms with Crippen molar-refractivity contribution >= 4 is 23.2 Å². The molecule has 3 aromatic rings. The fourth-order valence-electron chi connectivity index (χ4n) is 2.47. The summed E-state index contributed by atoms with van der Waals surface area (Å²) in [4.78, 5) is 31.9. The number of nitrogens with zero attached hydrogens (tertiary/aromatic N) is 4.